The lowest BCUT2D eigenvalue weighted by molar-refractivity contribution is -0.145. The van der Waals surface area contributed by atoms with E-state index in [0.29, 0.717) is 17.8 Å². The summed E-state index contributed by atoms with van der Waals surface area (Å²) < 4.78 is 4.65. The predicted molar refractivity (Wildman–Crippen MR) is 68.9 cm³/mol. The Kier molecular flexibility index (Phi) is 3.64. The van der Waals surface area contributed by atoms with Crippen molar-refractivity contribution < 1.29 is 19.1 Å². The van der Waals surface area contributed by atoms with E-state index in [1.165, 1.54) is 14.0 Å². The zero-order valence-corrected chi connectivity index (χ0v) is 10.9. The maximum Gasteiger partial charge on any atom is 0.311 e. The fraction of sp³-hybridized carbons (Fsp3) is 0.357. The van der Waals surface area contributed by atoms with Gasteiger partial charge in [0.2, 0.25) is 5.91 Å². The van der Waals surface area contributed by atoms with Crippen molar-refractivity contribution in [2.24, 2.45) is 5.92 Å². The normalized spacial score (nSPS) is 18.5. The van der Waals surface area contributed by atoms with E-state index in [0.717, 1.165) is 0 Å². The number of anilines is 1. The van der Waals surface area contributed by atoms with E-state index in [-0.39, 0.29) is 24.1 Å². The van der Waals surface area contributed by atoms with Crippen LogP contribution >= 0.6 is 0 Å². The standard InChI is InChI=1S/C14H15NO4/c1-9(16)10-3-5-12(6-4-10)15-8-11(7-13(15)17)14(18)19-2/h3-6,11H,7-8H2,1-2H3. The molecule has 1 heterocycles. The molecule has 0 radical (unpaired) electrons. The van der Waals surface area contributed by atoms with Gasteiger partial charge in [-0.1, -0.05) is 0 Å². The number of esters is 1. The van der Waals surface area contributed by atoms with E-state index in [9.17, 15) is 14.4 Å². The molecule has 0 aromatic heterocycles. The van der Waals surface area contributed by atoms with Crippen molar-refractivity contribution in [2.75, 3.05) is 18.6 Å². The van der Waals surface area contributed by atoms with E-state index in [4.69, 9.17) is 0 Å². The number of benzene rings is 1. The van der Waals surface area contributed by atoms with Crippen LogP contribution < -0.4 is 4.90 Å². The Morgan fingerprint density at radius 2 is 1.89 bits per heavy atom. The summed E-state index contributed by atoms with van der Waals surface area (Å²) in [6.07, 6.45) is 0.168. The highest BCUT2D eigenvalue weighted by atomic mass is 16.5. The molecule has 0 spiro atoms. The third kappa shape index (κ3) is 2.65. The molecule has 1 amide bonds. The minimum absolute atomic E-state index is 0.0215. The fourth-order valence-corrected chi connectivity index (χ4v) is 2.16. The number of ether oxygens (including phenoxy) is 1. The van der Waals surface area contributed by atoms with Crippen LogP contribution in [0.5, 0.6) is 0 Å². The van der Waals surface area contributed by atoms with Crippen LogP contribution in [0.2, 0.25) is 0 Å². The van der Waals surface area contributed by atoms with E-state index < -0.39 is 5.92 Å². The first-order valence-electron chi connectivity index (χ1n) is 6.02. The Bertz CT molecular complexity index is 521. The molecule has 5 nitrogen and oxygen atoms in total. The predicted octanol–water partition coefficient (Wildman–Crippen LogP) is 1.42. The van der Waals surface area contributed by atoms with Crippen LogP contribution in [0.1, 0.15) is 23.7 Å². The third-order valence-electron chi connectivity index (χ3n) is 3.25. The van der Waals surface area contributed by atoms with Crippen LogP contribution in [0.25, 0.3) is 0 Å². The lowest BCUT2D eigenvalue weighted by Gasteiger charge is -2.16. The summed E-state index contributed by atoms with van der Waals surface area (Å²) in [6.45, 7) is 1.81. The molecule has 1 aromatic carbocycles. The maximum absolute atomic E-state index is 11.9. The van der Waals surface area contributed by atoms with Crippen LogP contribution in [0.3, 0.4) is 0 Å². The highest BCUT2D eigenvalue weighted by molar-refractivity contribution is 6.00. The summed E-state index contributed by atoms with van der Waals surface area (Å²) in [7, 11) is 1.32. The van der Waals surface area contributed by atoms with Crippen molar-refractivity contribution in [3.63, 3.8) is 0 Å². The minimum atomic E-state index is -0.412. The fourth-order valence-electron chi connectivity index (χ4n) is 2.16. The monoisotopic (exact) mass is 261 g/mol. The lowest BCUT2D eigenvalue weighted by Crippen LogP contribution is -2.26. The van der Waals surface area contributed by atoms with Gasteiger partial charge in [-0.3, -0.25) is 14.4 Å². The maximum atomic E-state index is 11.9. The van der Waals surface area contributed by atoms with Gasteiger partial charge in [-0.25, -0.2) is 0 Å². The zero-order valence-electron chi connectivity index (χ0n) is 10.9. The molecule has 1 aromatic rings. The van der Waals surface area contributed by atoms with E-state index in [2.05, 4.69) is 4.74 Å². The van der Waals surface area contributed by atoms with Crippen LogP contribution in [-0.2, 0) is 14.3 Å². The number of carbonyl (C=O) groups is 3. The highest BCUT2D eigenvalue weighted by Gasteiger charge is 2.35. The van der Waals surface area contributed by atoms with Gasteiger partial charge in [-0.2, -0.15) is 0 Å². The third-order valence-corrected chi connectivity index (χ3v) is 3.25. The molecular formula is C14H15NO4. The summed E-state index contributed by atoms with van der Waals surface area (Å²) >= 11 is 0. The summed E-state index contributed by atoms with van der Waals surface area (Å²) in [5.74, 6) is -0.904. The van der Waals surface area contributed by atoms with Gasteiger partial charge in [0, 0.05) is 24.2 Å². The summed E-state index contributed by atoms with van der Waals surface area (Å²) in [4.78, 5) is 36.0. The van der Waals surface area contributed by atoms with Gasteiger partial charge in [0.05, 0.1) is 13.0 Å². The Morgan fingerprint density at radius 1 is 1.26 bits per heavy atom. The molecule has 1 aliphatic heterocycles. The number of Topliss-reactive ketones (excluding diaryl/α,β-unsaturated/α-hetero) is 1. The molecule has 2 rings (SSSR count). The average molecular weight is 261 g/mol. The topological polar surface area (TPSA) is 63.7 Å². The van der Waals surface area contributed by atoms with Gasteiger partial charge in [0.1, 0.15) is 0 Å². The summed E-state index contributed by atoms with van der Waals surface area (Å²) in [6, 6.07) is 6.79. The number of methoxy groups -OCH3 is 1. The van der Waals surface area contributed by atoms with Gasteiger partial charge in [-0.05, 0) is 31.2 Å². The molecule has 5 heteroatoms. The molecular weight excluding hydrogens is 246 g/mol. The Labute approximate surface area is 111 Å². The molecule has 100 valence electrons. The zero-order chi connectivity index (χ0) is 14.0. The SMILES string of the molecule is COC(=O)C1CC(=O)N(c2ccc(C(C)=O)cc2)C1. The van der Waals surface area contributed by atoms with Crippen LogP contribution in [0.15, 0.2) is 24.3 Å². The number of carbonyl (C=O) groups excluding carboxylic acids is 3. The van der Waals surface area contributed by atoms with Crippen molar-refractivity contribution in [3.05, 3.63) is 29.8 Å². The number of hydrogen-bond donors (Lipinski definition) is 0. The van der Waals surface area contributed by atoms with E-state index >= 15 is 0 Å². The quantitative estimate of drug-likeness (QED) is 0.609. The van der Waals surface area contributed by atoms with Gasteiger partial charge in [-0.15, -0.1) is 0 Å². The second-order valence-electron chi connectivity index (χ2n) is 4.53. The molecule has 19 heavy (non-hydrogen) atoms. The van der Waals surface area contributed by atoms with Crippen molar-refractivity contribution >= 4 is 23.3 Å². The van der Waals surface area contributed by atoms with Gasteiger partial charge < -0.3 is 9.64 Å². The Morgan fingerprint density at radius 3 is 2.42 bits per heavy atom. The smallest absolute Gasteiger partial charge is 0.311 e. The molecule has 1 aliphatic rings. The molecule has 0 N–H and O–H groups in total. The number of ketones is 1. The first-order chi connectivity index (χ1) is 9.02. The molecule has 1 unspecified atom stereocenters. The lowest BCUT2D eigenvalue weighted by atomic mass is 10.1. The molecule has 0 aliphatic carbocycles. The number of nitrogens with zero attached hydrogens (tertiary/aromatic N) is 1. The Hall–Kier alpha value is -2.17. The van der Waals surface area contributed by atoms with Crippen LogP contribution in [0, 0.1) is 5.92 Å². The minimum Gasteiger partial charge on any atom is -0.469 e. The highest BCUT2D eigenvalue weighted by Crippen LogP contribution is 2.26. The molecule has 1 atom stereocenters. The molecule has 1 saturated heterocycles. The van der Waals surface area contributed by atoms with Crippen molar-refractivity contribution in [2.45, 2.75) is 13.3 Å². The number of amides is 1. The summed E-state index contributed by atoms with van der Waals surface area (Å²) in [5, 5.41) is 0. The Balaban J connectivity index is 2.16. The number of hydrogen-bond acceptors (Lipinski definition) is 4. The first kappa shape index (κ1) is 13.3. The molecule has 0 saturated carbocycles. The molecule has 1 fully saturated rings. The average Bonchev–Trinajstić information content (AvgIpc) is 2.80. The van der Waals surface area contributed by atoms with Crippen molar-refractivity contribution in [1.29, 1.82) is 0 Å². The van der Waals surface area contributed by atoms with Crippen LogP contribution in [-0.4, -0.2) is 31.3 Å². The second-order valence-corrected chi connectivity index (χ2v) is 4.53. The van der Waals surface area contributed by atoms with Gasteiger partial charge in [0.25, 0.3) is 0 Å². The van der Waals surface area contributed by atoms with Gasteiger partial charge >= 0.3 is 5.97 Å². The largest absolute Gasteiger partial charge is 0.469 e. The van der Waals surface area contributed by atoms with Crippen molar-refractivity contribution in [1.82, 2.24) is 0 Å². The number of rotatable bonds is 3. The first-order valence-corrected chi connectivity index (χ1v) is 6.02. The summed E-state index contributed by atoms with van der Waals surface area (Å²) in [5.41, 5.74) is 1.29. The molecule has 0 bridgehead atoms. The van der Waals surface area contributed by atoms with E-state index in [1.807, 2.05) is 0 Å². The van der Waals surface area contributed by atoms with Crippen LogP contribution in [0.4, 0.5) is 5.69 Å². The second kappa shape index (κ2) is 5.22. The van der Waals surface area contributed by atoms with E-state index in [1.54, 1.807) is 29.2 Å². The van der Waals surface area contributed by atoms with Crippen molar-refractivity contribution in [3.8, 4) is 0 Å². The van der Waals surface area contributed by atoms with Gasteiger partial charge in [0.15, 0.2) is 5.78 Å².